The molecule has 0 amide bonds. The van der Waals surface area contributed by atoms with Crippen LogP contribution in [0, 0.1) is 6.92 Å². The van der Waals surface area contributed by atoms with Crippen molar-refractivity contribution in [1.82, 2.24) is 19.7 Å². The van der Waals surface area contributed by atoms with Crippen molar-refractivity contribution in [3.63, 3.8) is 0 Å². The van der Waals surface area contributed by atoms with E-state index in [-0.39, 0.29) is 0 Å². The van der Waals surface area contributed by atoms with Crippen LogP contribution in [-0.4, -0.2) is 47.7 Å². The number of ether oxygens (including phenoxy) is 3. The molecule has 0 atom stereocenters. The number of nitrogens with zero attached hydrogens (tertiary/aromatic N) is 4. The number of aryl methyl sites for hydroxylation is 1. The van der Waals surface area contributed by atoms with E-state index in [0.717, 1.165) is 28.5 Å². The Morgan fingerprint density at radius 2 is 1.69 bits per heavy atom. The zero-order valence-corrected chi connectivity index (χ0v) is 15.4. The maximum absolute atomic E-state index is 5.40. The van der Waals surface area contributed by atoms with Gasteiger partial charge in [-0.1, -0.05) is 6.07 Å². The second kappa shape index (κ2) is 7.97. The van der Waals surface area contributed by atoms with E-state index in [2.05, 4.69) is 15.2 Å². The summed E-state index contributed by atoms with van der Waals surface area (Å²) in [7, 11) is 4.92. The largest absolute Gasteiger partial charge is 0.493 e. The topological polar surface area (TPSA) is 71.3 Å². The third-order valence-corrected chi connectivity index (χ3v) is 4.16. The van der Waals surface area contributed by atoms with E-state index in [1.807, 2.05) is 41.8 Å². The standard InChI is InChI=1S/C19H22N4O3/c1-13-21-22-19(23(13)9-10-24-2)16-11-15(7-8-20-16)14-5-6-17(25-3)18(12-14)26-4/h5-8,11-12H,9-10H2,1-4H3. The van der Waals surface area contributed by atoms with Gasteiger partial charge in [-0.3, -0.25) is 4.98 Å². The quantitative estimate of drug-likeness (QED) is 0.650. The van der Waals surface area contributed by atoms with Gasteiger partial charge in [-0.25, -0.2) is 0 Å². The summed E-state index contributed by atoms with van der Waals surface area (Å²) in [6.07, 6.45) is 1.77. The molecule has 0 aliphatic rings. The fraction of sp³-hybridized carbons (Fsp3) is 0.316. The van der Waals surface area contributed by atoms with Gasteiger partial charge in [0.05, 0.1) is 20.8 Å². The average molecular weight is 354 g/mol. The van der Waals surface area contributed by atoms with E-state index in [1.165, 1.54) is 0 Å². The van der Waals surface area contributed by atoms with E-state index in [9.17, 15) is 0 Å². The molecule has 136 valence electrons. The van der Waals surface area contributed by atoms with Crippen molar-refractivity contribution >= 4 is 0 Å². The Morgan fingerprint density at radius 3 is 2.42 bits per heavy atom. The Balaban J connectivity index is 2.00. The van der Waals surface area contributed by atoms with Crippen LogP contribution in [0.1, 0.15) is 5.82 Å². The number of hydrogen-bond acceptors (Lipinski definition) is 6. The predicted octanol–water partition coefficient (Wildman–Crippen LogP) is 2.98. The van der Waals surface area contributed by atoms with Crippen molar-refractivity contribution in [3.8, 4) is 34.1 Å². The molecule has 0 bridgehead atoms. The molecule has 0 unspecified atom stereocenters. The van der Waals surface area contributed by atoms with Gasteiger partial charge in [-0.2, -0.15) is 0 Å². The molecule has 2 aromatic heterocycles. The van der Waals surface area contributed by atoms with Crippen molar-refractivity contribution in [2.45, 2.75) is 13.5 Å². The molecule has 7 heteroatoms. The highest BCUT2D eigenvalue weighted by Crippen LogP contribution is 2.33. The second-order valence-electron chi connectivity index (χ2n) is 5.71. The normalized spacial score (nSPS) is 10.8. The number of pyridine rings is 1. The highest BCUT2D eigenvalue weighted by molar-refractivity contribution is 5.70. The van der Waals surface area contributed by atoms with Gasteiger partial charge in [-0.15, -0.1) is 10.2 Å². The van der Waals surface area contributed by atoms with Crippen LogP contribution in [0.25, 0.3) is 22.6 Å². The van der Waals surface area contributed by atoms with Gasteiger partial charge >= 0.3 is 0 Å². The van der Waals surface area contributed by atoms with Crippen molar-refractivity contribution in [1.29, 1.82) is 0 Å². The number of aromatic nitrogens is 4. The van der Waals surface area contributed by atoms with Crippen LogP contribution >= 0.6 is 0 Å². The first-order valence-corrected chi connectivity index (χ1v) is 8.25. The van der Waals surface area contributed by atoms with Crippen LogP contribution in [0.4, 0.5) is 0 Å². The Kier molecular flexibility index (Phi) is 5.48. The van der Waals surface area contributed by atoms with Gasteiger partial charge in [0, 0.05) is 19.9 Å². The maximum Gasteiger partial charge on any atom is 0.182 e. The first-order valence-electron chi connectivity index (χ1n) is 8.25. The fourth-order valence-corrected chi connectivity index (χ4v) is 2.77. The molecule has 7 nitrogen and oxygen atoms in total. The minimum Gasteiger partial charge on any atom is -0.493 e. The number of hydrogen-bond donors (Lipinski definition) is 0. The Morgan fingerprint density at radius 1 is 0.923 bits per heavy atom. The lowest BCUT2D eigenvalue weighted by Gasteiger charge is -2.11. The van der Waals surface area contributed by atoms with Crippen LogP contribution in [0.2, 0.25) is 0 Å². The van der Waals surface area contributed by atoms with Crippen molar-refractivity contribution in [3.05, 3.63) is 42.4 Å². The highest BCUT2D eigenvalue weighted by atomic mass is 16.5. The van der Waals surface area contributed by atoms with Crippen molar-refractivity contribution in [2.24, 2.45) is 0 Å². The zero-order valence-electron chi connectivity index (χ0n) is 15.4. The van der Waals surface area contributed by atoms with E-state index >= 15 is 0 Å². The Hall–Kier alpha value is -2.93. The first-order chi connectivity index (χ1) is 12.7. The maximum atomic E-state index is 5.40. The summed E-state index contributed by atoms with van der Waals surface area (Å²) in [6.45, 7) is 3.18. The second-order valence-corrected chi connectivity index (χ2v) is 5.71. The summed E-state index contributed by atoms with van der Waals surface area (Å²) in [5.41, 5.74) is 2.77. The molecule has 0 fully saturated rings. The molecule has 0 aliphatic heterocycles. The molecule has 0 saturated heterocycles. The molecule has 26 heavy (non-hydrogen) atoms. The molecule has 0 spiro atoms. The zero-order chi connectivity index (χ0) is 18.5. The Bertz CT molecular complexity index is 892. The summed E-state index contributed by atoms with van der Waals surface area (Å²) in [5, 5.41) is 8.46. The molecule has 0 N–H and O–H groups in total. The third-order valence-electron chi connectivity index (χ3n) is 4.16. The lowest BCUT2D eigenvalue weighted by molar-refractivity contribution is 0.187. The highest BCUT2D eigenvalue weighted by Gasteiger charge is 2.14. The summed E-state index contributed by atoms with van der Waals surface area (Å²) >= 11 is 0. The first kappa shape index (κ1) is 17.9. The van der Waals surface area contributed by atoms with Crippen LogP contribution < -0.4 is 9.47 Å². The lowest BCUT2D eigenvalue weighted by Crippen LogP contribution is -2.08. The van der Waals surface area contributed by atoms with Crippen LogP contribution in [0.3, 0.4) is 0 Å². The number of methoxy groups -OCH3 is 3. The van der Waals surface area contributed by atoms with E-state index in [1.54, 1.807) is 27.5 Å². The minimum atomic E-state index is 0.585. The molecule has 0 saturated carbocycles. The molecule has 0 aliphatic carbocycles. The fourth-order valence-electron chi connectivity index (χ4n) is 2.77. The summed E-state index contributed by atoms with van der Waals surface area (Å²) in [4.78, 5) is 4.47. The van der Waals surface area contributed by atoms with Crippen LogP contribution in [0.5, 0.6) is 11.5 Å². The number of benzene rings is 1. The van der Waals surface area contributed by atoms with Crippen LogP contribution in [-0.2, 0) is 11.3 Å². The number of rotatable bonds is 7. The molecule has 0 radical (unpaired) electrons. The monoisotopic (exact) mass is 354 g/mol. The minimum absolute atomic E-state index is 0.585. The van der Waals surface area contributed by atoms with Gasteiger partial charge in [0.15, 0.2) is 17.3 Å². The molecule has 3 rings (SSSR count). The van der Waals surface area contributed by atoms with Crippen LogP contribution in [0.15, 0.2) is 36.5 Å². The summed E-state index contributed by atoms with van der Waals surface area (Å²) in [6, 6.07) is 9.77. The predicted molar refractivity (Wildman–Crippen MR) is 98.4 cm³/mol. The third kappa shape index (κ3) is 3.52. The van der Waals surface area contributed by atoms with Gasteiger partial charge in [0.2, 0.25) is 0 Å². The van der Waals surface area contributed by atoms with E-state index < -0.39 is 0 Å². The summed E-state index contributed by atoms with van der Waals surface area (Å²) < 4.78 is 17.9. The Labute approximate surface area is 152 Å². The molecular weight excluding hydrogens is 332 g/mol. The molecule has 2 heterocycles. The molecular formula is C19H22N4O3. The SMILES string of the molecule is COCCn1c(C)nnc1-c1cc(-c2ccc(OC)c(OC)c2)ccn1. The van der Waals surface area contributed by atoms with E-state index in [4.69, 9.17) is 14.2 Å². The van der Waals surface area contributed by atoms with Crippen molar-refractivity contribution in [2.75, 3.05) is 27.9 Å². The smallest absolute Gasteiger partial charge is 0.182 e. The van der Waals surface area contributed by atoms with Gasteiger partial charge < -0.3 is 18.8 Å². The van der Waals surface area contributed by atoms with Crippen molar-refractivity contribution < 1.29 is 14.2 Å². The summed E-state index contributed by atoms with van der Waals surface area (Å²) in [5.74, 6) is 2.93. The van der Waals surface area contributed by atoms with Gasteiger partial charge in [0.25, 0.3) is 0 Å². The lowest BCUT2D eigenvalue weighted by atomic mass is 10.1. The van der Waals surface area contributed by atoms with Gasteiger partial charge in [-0.05, 0) is 42.3 Å². The molecule has 1 aromatic carbocycles. The van der Waals surface area contributed by atoms with E-state index in [0.29, 0.717) is 24.7 Å². The van der Waals surface area contributed by atoms with Gasteiger partial charge in [0.1, 0.15) is 11.5 Å². The molecule has 3 aromatic rings. The average Bonchev–Trinajstić information content (AvgIpc) is 3.06.